The van der Waals surface area contributed by atoms with Gasteiger partial charge >= 0.3 is 0 Å². The van der Waals surface area contributed by atoms with Gasteiger partial charge in [-0.15, -0.1) is 0 Å². The Hall–Kier alpha value is -1.06. The van der Waals surface area contributed by atoms with Crippen LogP contribution in [0.2, 0.25) is 0 Å². The SMILES string of the molecule is COc1cccc2c1CC[C@H](N)[C@@H]2O. The smallest absolute Gasteiger partial charge is 0.122 e. The van der Waals surface area contributed by atoms with E-state index in [0.29, 0.717) is 0 Å². The molecule has 0 saturated carbocycles. The first-order chi connectivity index (χ1) is 6.74. The predicted molar refractivity (Wildman–Crippen MR) is 54.3 cm³/mol. The van der Waals surface area contributed by atoms with Crippen molar-refractivity contribution in [2.75, 3.05) is 7.11 Å². The molecule has 0 radical (unpaired) electrons. The van der Waals surface area contributed by atoms with E-state index in [1.54, 1.807) is 7.11 Å². The topological polar surface area (TPSA) is 55.5 Å². The molecule has 0 spiro atoms. The molecule has 14 heavy (non-hydrogen) atoms. The van der Waals surface area contributed by atoms with E-state index in [0.717, 1.165) is 29.7 Å². The van der Waals surface area contributed by atoms with Crippen LogP contribution in [0, 0.1) is 0 Å². The lowest BCUT2D eigenvalue weighted by molar-refractivity contribution is 0.133. The fourth-order valence-corrected chi connectivity index (χ4v) is 2.02. The quantitative estimate of drug-likeness (QED) is 0.699. The largest absolute Gasteiger partial charge is 0.496 e. The van der Waals surface area contributed by atoms with E-state index in [1.165, 1.54) is 0 Å². The Kier molecular flexibility index (Phi) is 2.44. The summed E-state index contributed by atoms with van der Waals surface area (Å²) in [7, 11) is 1.65. The highest BCUT2D eigenvalue weighted by Gasteiger charge is 2.26. The molecule has 1 aliphatic carbocycles. The summed E-state index contributed by atoms with van der Waals surface area (Å²) >= 11 is 0. The van der Waals surface area contributed by atoms with Gasteiger partial charge in [-0.2, -0.15) is 0 Å². The van der Waals surface area contributed by atoms with Gasteiger partial charge in [0.2, 0.25) is 0 Å². The third-order valence-electron chi connectivity index (χ3n) is 2.84. The zero-order valence-electron chi connectivity index (χ0n) is 8.23. The summed E-state index contributed by atoms with van der Waals surface area (Å²) < 4.78 is 5.24. The lowest BCUT2D eigenvalue weighted by Crippen LogP contribution is -2.33. The predicted octanol–water partition coefficient (Wildman–Crippen LogP) is 1.00. The van der Waals surface area contributed by atoms with Crippen LogP contribution in [0.5, 0.6) is 5.75 Å². The molecule has 0 aliphatic heterocycles. The maximum atomic E-state index is 9.87. The molecule has 3 nitrogen and oxygen atoms in total. The normalized spacial score (nSPS) is 25.6. The second kappa shape index (κ2) is 3.59. The van der Waals surface area contributed by atoms with Crippen LogP contribution in [0.25, 0.3) is 0 Å². The average molecular weight is 193 g/mol. The number of aliphatic hydroxyl groups excluding tert-OH is 1. The standard InChI is InChI=1S/C11H15NO2/c1-14-10-4-2-3-8-7(10)5-6-9(12)11(8)13/h2-4,9,11,13H,5-6,12H2,1H3/t9-,11+/m0/s1. The number of benzene rings is 1. The maximum Gasteiger partial charge on any atom is 0.122 e. The van der Waals surface area contributed by atoms with Gasteiger partial charge in [-0.1, -0.05) is 12.1 Å². The average Bonchev–Trinajstić information content (AvgIpc) is 2.23. The van der Waals surface area contributed by atoms with Crippen molar-refractivity contribution in [3.63, 3.8) is 0 Å². The van der Waals surface area contributed by atoms with Crippen LogP contribution < -0.4 is 10.5 Å². The highest BCUT2D eigenvalue weighted by atomic mass is 16.5. The number of aliphatic hydroxyl groups is 1. The summed E-state index contributed by atoms with van der Waals surface area (Å²) in [5.41, 5.74) is 7.81. The molecule has 1 aliphatic rings. The molecule has 0 heterocycles. The van der Waals surface area contributed by atoms with Crippen LogP contribution in [0.3, 0.4) is 0 Å². The van der Waals surface area contributed by atoms with Crippen molar-refractivity contribution in [2.45, 2.75) is 25.0 Å². The summed E-state index contributed by atoms with van der Waals surface area (Å²) in [6.07, 6.45) is 1.15. The molecule has 0 amide bonds. The first-order valence-electron chi connectivity index (χ1n) is 4.83. The highest BCUT2D eigenvalue weighted by Crippen LogP contribution is 2.34. The molecular formula is C11H15NO2. The van der Waals surface area contributed by atoms with Gasteiger partial charge < -0.3 is 15.6 Å². The van der Waals surface area contributed by atoms with Crippen LogP contribution in [0.15, 0.2) is 18.2 Å². The van der Waals surface area contributed by atoms with Crippen molar-refractivity contribution in [1.82, 2.24) is 0 Å². The molecule has 2 rings (SSSR count). The third kappa shape index (κ3) is 1.38. The van der Waals surface area contributed by atoms with Crippen LogP contribution in [-0.2, 0) is 6.42 Å². The molecule has 3 N–H and O–H groups in total. The van der Waals surface area contributed by atoms with Crippen LogP contribution in [0.1, 0.15) is 23.7 Å². The fraction of sp³-hybridized carbons (Fsp3) is 0.455. The number of methoxy groups -OCH3 is 1. The zero-order chi connectivity index (χ0) is 10.1. The minimum Gasteiger partial charge on any atom is -0.496 e. The summed E-state index contributed by atoms with van der Waals surface area (Å²) in [5, 5.41) is 9.87. The van der Waals surface area contributed by atoms with E-state index < -0.39 is 6.10 Å². The molecule has 0 saturated heterocycles. The van der Waals surface area contributed by atoms with E-state index in [2.05, 4.69) is 0 Å². The lowest BCUT2D eigenvalue weighted by atomic mass is 9.86. The minimum atomic E-state index is -0.547. The summed E-state index contributed by atoms with van der Waals surface area (Å²) in [5.74, 6) is 0.855. The molecule has 0 unspecified atom stereocenters. The van der Waals surface area contributed by atoms with Gasteiger partial charge in [-0.3, -0.25) is 0 Å². The van der Waals surface area contributed by atoms with E-state index in [1.807, 2.05) is 18.2 Å². The van der Waals surface area contributed by atoms with Crippen molar-refractivity contribution in [2.24, 2.45) is 5.73 Å². The van der Waals surface area contributed by atoms with Gasteiger partial charge in [-0.05, 0) is 24.5 Å². The number of nitrogens with two attached hydrogens (primary N) is 1. The Balaban J connectivity index is 2.47. The van der Waals surface area contributed by atoms with Crippen LogP contribution >= 0.6 is 0 Å². The Morgan fingerprint density at radius 2 is 2.29 bits per heavy atom. The minimum absolute atomic E-state index is 0.144. The maximum absolute atomic E-state index is 9.87. The van der Waals surface area contributed by atoms with Gasteiger partial charge in [0, 0.05) is 11.6 Å². The molecule has 0 fully saturated rings. The summed E-state index contributed by atoms with van der Waals surface area (Å²) in [6.45, 7) is 0. The molecule has 0 aromatic heterocycles. The van der Waals surface area contributed by atoms with Crippen LogP contribution in [-0.4, -0.2) is 18.3 Å². The van der Waals surface area contributed by atoms with Crippen molar-refractivity contribution in [3.8, 4) is 5.75 Å². The van der Waals surface area contributed by atoms with E-state index in [4.69, 9.17) is 10.5 Å². The van der Waals surface area contributed by atoms with Gasteiger partial charge in [0.15, 0.2) is 0 Å². The second-order valence-electron chi connectivity index (χ2n) is 3.68. The highest BCUT2D eigenvalue weighted by molar-refractivity contribution is 5.43. The van der Waals surface area contributed by atoms with Crippen molar-refractivity contribution >= 4 is 0 Å². The van der Waals surface area contributed by atoms with E-state index in [-0.39, 0.29) is 6.04 Å². The number of hydrogen-bond acceptors (Lipinski definition) is 3. The molecule has 1 aromatic rings. The summed E-state index contributed by atoms with van der Waals surface area (Å²) in [4.78, 5) is 0. The molecule has 3 heteroatoms. The molecule has 0 bridgehead atoms. The summed E-state index contributed by atoms with van der Waals surface area (Å²) in [6, 6.07) is 5.58. The van der Waals surface area contributed by atoms with E-state index in [9.17, 15) is 5.11 Å². The molecule has 76 valence electrons. The third-order valence-corrected chi connectivity index (χ3v) is 2.84. The first kappa shape index (κ1) is 9.49. The Morgan fingerprint density at radius 1 is 1.50 bits per heavy atom. The van der Waals surface area contributed by atoms with E-state index >= 15 is 0 Å². The monoisotopic (exact) mass is 193 g/mol. The van der Waals surface area contributed by atoms with Crippen molar-refractivity contribution in [3.05, 3.63) is 29.3 Å². The van der Waals surface area contributed by atoms with Crippen molar-refractivity contribution in [1.29, 1.82) is 0 Å². The van der Waals surface area contributed by atoms with Crippen molar-refractivity contribution < 1.29 is 9.84 Å². The van der Waals surface area contributed by atoms with Gasteiger partial charge in [-0.25, -0.2) is 0 Å². The van der Waals surface area contributed by atoms with Gasteiger partial charge in [0.25, 0.3) is 0 Å². The van der Waals surface area contributed by atoms with Gasteiger partial charge in [0.1, 0.15) is 5.75 Å². The Bertz CT molecular complexity index is 338. The first-order valence-corrected chi connectivity index (χ1v) is 4.83. The molecule has 2 atom stereocenters. The Labute approximate surface area is 83.5 Å². The Morgan fingerprint density at radius 3 is 3.00 bits per heavy atom. The zero-order valence-corrected chi connectivity index (χ0v) is 8.23. The number of fused-ring (bicyclic) bond motifs is 1. The van der Waals surface area contributed by atoms with Crippen LogP contribution in [0.4, 0.5) is 0 Å². The second-order valence-corrected chi connectivity index (χ2v) is 3.68. The fourth-order valence-electron chi connectivity index (χ4n) is 2.02. The lowest BCUT2D eigenvalue weighted by Gasteiger charge is -2.28. The number of rotatable bonds is 1. The molecule has 1 aromatic carbocycles. The van der Waals surface area contributed by atoms with Gasteiger partial charge in [0.05, 0.1) is 13.2 Å². The number of hydrogen-bond donors (Lipinski definition) is 2. The number of ether oxygens (including phenoxy) is 1. The molecular weight excluding hydrogens is 178 g/mol.